The molecular weight excluding hydrogens is 302 g/mol. The van der Waals surface area contributed by atoms with Crippen molar-refractivity contribution in [1.29, 1.82) is 0 Å². The summed E-state index contributed by atoms with van der Waals surface area (Å²) in [5, 5.41) is 0. The summed E-state index contributed by atoms with van der Waals surface area (Å²) in [6.07, 6.45) is 1.72. The van der Waals surface area contributed by atoms with E-state index in [-0.39, 0.29) is 35.3 Å². The molecule has 0 aliphatic rings. The van der Waals surface area contributed by atoms with Crippen LogP contribution in [0.3, 0.4) is 0 Å². The van der Waals surface area contributed by atoms with Crippen molar-refractivity contribution < 1.29 is 15.5 Å². The number of pyridine rings is 1. The van der Waals surface area contributed by atoms with E-state index in [4.69, 9.17) is 11.0 Å². The maximum absolute atomic E-state index is 8.45. The van der Waals surface area contributed by atoms with Gasteiger partial charge in [-0.2, -0.15) is 0 Å². The molecule has 0 amide bonds. The molecule has 3 aromatic rings. The van der Waals surface area contributed by atoms with Crippen molar-refractivity contribution in [2.45, 2.75) is 40.0 Å². The lowest BCUT2D eigenvalue weighted by Crippen LogP contribution is -2.30. The summed E-state index contributed by atoms with van der Waals surface area (Å²) in [5.74, 6) is 0. The highest BCUT2D eigenvalue weighted by Crippen LogP contribution is 2.37. The van der Waals surface area contributed by atoms with E-state index < -0.39 is 18.3 Å². The molecule has 1 heteroatoms. The van der Waals surface area contributed by atoms with Crippen LogP contribution in [0.2, 0.25) is 0 Å². The van der Waals surface area contributed by atoms with E-state index >= 15 is 0 Å². The van der Waals surface area contributed by atoms with Gasteiger partial charge in [-0.1, -0.05) is 57.0 Å². The van der Waals surface area contributed by atoms with Gasteiger partial charge in [0.15, 0.2) is 6.20 Å². The van der Waals surface area contributed by atoms with Gasteiger partial charge in [-0.15, -0.1) is 0 Å². The van der Waals surface area contributed by atoms with Crippen LogP contribution >= 0.6 is 0 Å². The zero-order valence-corrected chi connectivity index (χ0v) is 15.3. The second-order valence-corrected chi connectivity index (χ2v) is 7.37. The highest BCUT2D eigenvalue weighted by Gasteiger charge is 2.23. The molecule has 1 heterocycles. The van der Waals surface area contributed by atoms with Crippen LogP contribution in [0.5, 0.6) is 0 Å². The van der Waals surface area contributed by atoms with Gasteiger partial charge in [0.05, 0.1) is 6.85 Å². The van der Waals surface area contributed by atoms with Crippen molar-refractivity contribution in [3.05, 3.63) is 77.4 Å². The molecular formula is C24H28N+. The smallest absolute Gasteiger partial charge is 0.201 e. The van der Waals surface area contributed by atoms with E-state index in [0.29, 0.717) is 5.56 Å². The number of hydrogen-bond donors (Lipinski definition) is 0. The minimum Gasteiger partial charge on any atom is -0.201 e. The minimum absolute atomic E-state index is 0.168. The molecule has 1 aromatic heterocycles. The van der Waals surface area contributed by atoms with E-state index in [1.54, 1.807) is 18.3 Å². The summed E-state index contributed by atoms with van der Waals surface area (Å²) in [4.78, 5) is 0. The van der Waals surface area contributed by atoms with E-state index in [1.807, 2.05) is 51.4 Å². The Morgan fingerprint density at radius 1 is 1.00 bits per heavy atom. The van der Waals surface area contributed by atoms with Crippen LogP contribution in [-0.2, 0) is 12.5 Å². The number of hydrogen-bond acceptors (Lipinski definition) is 0. The van der Waals surface area contributed by atoms with Gasteiger partial charge in [0, 0.05) is 21.8 Å². The largest absolute Gasteiger partial charge is 0.212 e. The molecule has 0 N–H and O–H groups in total. The standard InChI is InChI=1S/C24H28N/c1-17-12-13-25(6)23(14-17)20-16-22(24(3,4)5)21(15-18(20)2)19-10-8-7-9-11-19/h7-16H,1-6H3/q+1/i1D3,7D,8D,9D,10D,11D. The van der Waals surface area contributed by atoms with Gasteiger partial charge in [0.25, 0.3) is 0 Å². The summed E-state index contributed by atoms with van der Waals surface area (Å²) in [6, 6.07) is 5.38. The molecule has 0 aliphatic heterocycles. The fraction of sp³-hybridized carbons (Fsp3) is 0.292. The molecule has 3 rings (SSSR count). The first-order chi connectivity index (χ1) is 15.1. The number of benzene rings is 2. The van der Waals surface area contributed by atoms with Crippen molar-refractivity contribution in [3.8, 4) is 22.4 Å². The predicted molar refractivity (Wildman–Crippen MR) is 107 cm³/mol. The molecule has 0 saturated heterocycles. The van der Waals surface area contributed by atoms with E-state index in [0.717, 1.165) is 22.4 Å². The Balaban J connectivity index is 2.40. The first kappa shape index (κ1) is 9.91. The fourth-order valence-corrected chi connectivity index (χ4v) is 3.03. The third-order valence-electron chi connectivity index (χ3n) is 4.37. The monoisotopic (exact) mass is 338 g/mol. The maximum atomic E-state index is 8.45. The Kier molecular flexibility index (Phi) is 2.57. The molecule has 0 atom stereocenters. The van der Waals surface area contributed by atoms with Crippen LogP contribution < -0.4 is 4.57 Å². The van der Waals surface area contributed by atoms with Crippen LogP contribution in [0.1, 0.15) is 48.4 Å². The Bertz CT molecular complexity index is 1220. The normalized spacial score (nSPS) is 16.7. The van der Waals surface area contributed by atoms with Crippen LogP contribution in [0.15, 0.2) is 60.7 Å². The summed E-state index contributed by atoms with van der Waals surface area (Å²) in [5.41, 5.74) is 3.73. The van der Waals surface area contributed by atoms with Crippen LogP contribution in [0, 0.1) is 13.8 Å². The van der Waals surface area contributed by atoms with Gasteiger partial charge in [-0.05, 0) is 53.1 Å². The lowest BCUT2D eigenvalue weighted by molar-refractivity contribution is -0.660. The second-order valence-electron chi connectivity index (χ2n) is 7.37. The lowest BCUT2D eigenvalue weighted by Gasteiger charge is -2.25. The first-order valence-electron chi connectivity index (χ1n) is 12.3. The van der Waals surface area contributed by atoms with E-state index in [2.05, 4.69) is 0 Å². The quantitative estimate of drug-likeness (QED) is 0.523. The molecule has 0 radical (unpaired) electrons. The molecule has 2 aromatic carbocycles. The number of aromatic nitrogens is 1. The van der Waals surface area contributed by atoms with Crippen LogP contribution in [-0.4, -0.2) is 0 Å². The van der Waals surface area contributed by atoms with Crippen molar-refractivity contribution in [3.63, 3.8) is 0 Å². The predicted octanol–water partition coefficient (Wildman–Crippen LogP) is 5.76. The molecule has 0 aliphatic carbocycles. The highest BCUT2D eigenvalue weighted by molar-refractivity contribution is 5.75. The van der Waals surface area contributed by atoms with Gasteiger partial charge >= 0.3 is 0 Å². The molecule has 128 valence electrons. The van der Waals surface area contributed by atoms with E-state index in [9.17, 15) is 0 Å². The average molecular weight is 339 g/mol. The molecule has 0 fully saturated rings. The van der Waals surface area contributed by atoms with Crippen LogP contribution in [0.25, 0.3) is 22.4 Å². The minimum atomic E-state index is -2.24. The number of aryl methyl sites for hydroxylation is 3. The third kappa shape index (κ3) is 3.51. The second kappa shape index (κ2) is 6.48. The SMILES string of the molecule is [2H]c1c([2H])c([2H])c(-c2cc(C)c(-c3cc(C([2H])([2H])[2H])cc[n+]3C)cc2C(C)(C)C)c([2H])c1[2H]. The molecule has 25 heavy (non-hydrogen) atoms. The Morgan fingerprint density at radius 2 is 1.72 bits per heavy atom. The lowest BCUT2D eigenvalue weighted by atomic mass is 9.79. The van der Waals surface area contributed by atoms with Crippen molar-refractivity contribution in [2.75, 3.05) is 0 Å². The fourth-order valence-electron chi connectivity index (χ4n) is 3.03. The van der Waals surface area contributed by atoms with Crippen molar-refractivity contribution >= 4 is 0 Å². The van der Waals surface area contributed by atoms with Gasteiger partial charge < -0.3 is 0 Å². The van der Waals surface area contributed by atoms with Gasteiger partial charge in [-0.25, -0.2) is 4.57 Å². The van der Waals surface area contributed by atoms with Gasteiger partial charge in [-0.3, -0.25) is 0 Å². The third-order valence-corrected chi connectivity index (χ3v) is 4.37. The zero-order chi connectivity index (χ0) is 25.0. The summed E-state index contributed by atoms with van der Waals surface area (Å²) in [6.45, 7) is 5.64. The Morgan fingerprint density at radius 3 is 2.36 bits per heavy atom. The molecule has 0 unspecified atom stereocenters. The highest BCUT2D eigenvalue weighted by atomic mass is 14.9. The van der Waals surface area contributed by atoms with Gasteiger partial charge in [0.1, 0.15) is 7.05 Å². The topological polar surface area (TPSA) is 3.88 Å². The molecule has 0 spiro atoms. The van der Waals surface area contributed by atoms with Crippen molar-refractivity contribution in [2.24, 2.45) is 7.05 Å². The Labute approximate surface area is 163 Å². The molecule has 0 bridgehead atoms. The average Bonchev–Trinajstić information content (AvgIpc) is 2.70. The summed E-state index contributed by atoms with van der Waals surface area (Å²) in [7, 11) is 1.85. The molecule has 0 saturated carbocycles. The maximum Gasteiger partial charge on any atom is 0.212 e. The van der Waals surface area contributed by atoms with Crippen LogP contribution in [0.4, 0.5) is 0 Å². The first-order valence-corrected chi connectivity index (χ1v) is 8.28. The van der Waals surface area contributed by atoms with Gasteiger partial charge in [0.2, 0.25) is 5.69 Å². The number of rotatable bonds is 2. The zero-order valence-electron chi connectivity index (χ0n) is 23.3. The Hall–Kier alpha value is -2.41. The molecule has 1 nitrogen and oxygen atoms in total. The summed E-state index contributed by atoms with van der Waals surface area (Å²) >= 11 is 0. The van der Waals surface area contributed by atoms with E-state index in [1.165, 1.54) is 0 Å². The summed E-state index contributed by atoms with van der Waals surface area (Å²) < 4.78 is 66.2. The van der Waals surface area contributed by atoms with Crippen molar-refractivity contribution in [1.82, 2.24) is 0 Å². The number of nitrogens with zero attached hydrogens (tertiary/aromatic N) is 1.